The van der Waals surface area contributed by atoms with Crippen LogP contribution in [0.25, 0.3) is 0 Å². The van der Waals surface area contributed by atoms with E-state index in [1.54, 1.807) is 4.68 Å². The molecule has 1 aromatic heterocycles. The van der Waals surface area contributed by atoms with Crippen molar-refractivity contribution in [3.05, 3.63) is 34.5 Å². The molecule has 0 radical (unpaired) electrons. The molecule has 1 aromatic carbocycles. The maximum atomic E-state index is 6.14. The van der Waals surface area contributed by atoms with Gasteiger partial charge in [0.15, 0.2) is 0 Å². The minimum Gasteiger partial charge on any atom is -0.436 e. The highest BCUT2D eigenvalue weighted by molar-refractivity contribution is 6.32. The van der Waals surface area contributed by atoms with E-state index >= 15 is 0 Å². The van der Waals surface area contributed by atoms with Crippen LogP contribution in [0.2, 0.25) is 5.02 Å². The average molecular weight is 280 g/mol. The van der Waals surface area contributed by atoms with Gasteiger partial charge in [-0.15, -0.1) is 0 Å². The standard InChI is InChI=1S/C14H18ClN3O/c1-8(2)18-14(13(16)10(4)17-18)19-12-7-9(3)5-6-11(12)15/h5-8H,16H2,1-4H3. The van der Waals surface area contributed by atoms with Gasteiger partial charge in [-0.05, 0) is 45.4 Å². The number of aryl methyl sites for hydroxylation is 2. The van der Waals surface area contributed by atoms with Crippen molar-refractivity contribution >= 4 is 17.3 Å². The van der Waals surface area contributed by atoms with Gasteiger partial charge in [0.25, 0.3) is 0 Å². The van der Waals surface area contributed by atoms with E-state index in [4.69, 9.17) is 22.1 Å². The van der Waals surface area contributed by atoms with Crippen molar-refractivity contribution in [3.63, 3.8) is 0 Å². The van der Waals surface area contributed by atoms with Crippen molar-refractivity contribution in [2.24, 2.45) is 0 Å². The largest absolute Gasteiger partial charge is 0.436 e. The van der Waals surface area contributed by atoms with Crippen molar-refractivity contribution in [2.45, 2.75) is 33.7 Å². The minimum atomic E-state index is 0.162. The van der Waals surface area contributed by atoms with Gasteiger partial charge in [0.1, 0.15) is 11.4 Å². The van der Waals surface area contributed by atoms with E-state index in [-0.39, 0.29) is 6.04 Å². The van der Waals surface area contributed by atoms with Crippen LogP contribution in [0.4, 0.5) is 5.69 Å². The van der Waals surface area contributed by atoms with Crippen LogP contribution in [0.3, 0.4) is 0 Å². The number of hydrogen-bond donors (Lipinski definition) is 1. The Bertz CT molecular complexity index is 605. The Morgan fingerprint density at radius 3 is 2.63 bits per heavy atom. The second kappa shape index (κ2) is 5.13. The van der Waals surface area contributed by atoms with Gasteiger partial charge in [-0.3, -0.25) is 0 Å². The topological polar surface area (TPSA) is 53.1 Å². The predicted octanol–water partition coefficient (Wildman–Crippen LogP) is 4.11. The molecule has 2 aromatic rings. The number of nitrogen functional groups attached to an aromatic ring is 1. The van der Waals surface area contributed by atoms with Crippen molar-refractivity contribution in [1.29, 1.82) is 0 Å². The first-order chi connectivity index (χ1) is 8.90. The fourth-order valence-corrected chi connectivity index (χ4v) is 1.94. The molecule has 0 aliphatic heterocycles. The van der Waals surface area contributed by atoms with Gasteiger partial charge in [-0.1, -0.05) is 17.7 Å². The third-order valence-corrected chi connectivity index (χ3v) is 3.18. The maximum Gasteiger partial charge on any atom is 0.241 e. The Labute approximate surface area is 118 Å². The molecule has 0 fully saturated rings. The molecule has 4 nitrogen and oxygen atoms in total. The number of aromatic nitrogens is 2. The molecule has 0 atom stereocenters. The molecule has 0 amide bonds. The first-order valence-corrected chi connectivity index (χ1v) is 6.56. The van der Waals surface area contributed by atoms with Gasteiger partial charge in [-0.25, -0.2) is 4.68 Å². The third kappa shape index (κ3) is 2.68. The summed E-state index contributed by atoms with van der Waals surface area (Å²) in [6, 6.07) is 5.79. The number of nitrogens with zero attached hydrogens (tertiary/aromatic N) is 2. The molecular formula is C14H18ClN3O. The molecule has 2 N–H and O–H groups in total. The smallest absolute Gasteiger partial charge is 0.241 e. The SMILES string of the molecule is Cc1ccc(Cl)c(Oc2c(N)c(C)nn2C(C)C)c1. The molecule has 5 heteroatoms. The Morgan fingerprint density at radius 2 is 2.00 bits per heavy atom. The van der Waals surface area contributed by atoms with Crippen LogP contribution >= 0.6 is 11.6 Å². The number of rotatable bonds is 3. The van der Waals surface area contributed by atoms with Crippen LogP contribution in [0, 0.1) is 13.8 Å². The van der Waals surface area contributed by atoms with Crippen LogP contribution in [-0.2, 0) is 0 Å². The molecule has 0 aliphatic rings. The highest BCUT2D eigenvalue weighted by Gasteiger charge is 2.18. The lowest BCUT2D eigenvalue weighted by Gasteiger charge is -2.13. The molecule has 19 heavy (non-hydrogen) atoms. The molecule has 0 bridgehead atoms. The van der Waals surface area contributed by atoms with Crippen LogP contribution < -0.4 is 10.5 Å². The van der Waals surface area contributed by atoms with E-state index in [2.05, 4.69) is 5.10 Å². The number of ether oxygens (including phenoxy) is 1. The zero-order valence-corrected chi connectivity index (χ0v) is 12.3. The van der Waals surface area contributed by atoms with Crippen LogP contribution in [0.5, 0.6) is 11.6 Å². The van der Waals surface area contributed by atoms with E-state index in [0.717, 1.165) is 11.3 Å². The average Bonchev–Trinajstić information content (AvgIpc) is 2.62. The van der Waals surface area contributed by atoms with Gasteiger partial charge < -0.3 is 10.5 Å². The van der Waals surface area contributed by atoms with E-state index in [9.17, 15) is 0 Å². The lowest BCUT2D eigenvalue weighted by molar-refractivity contribution is 0.389. The summed E-state index contributed by atoms with van der Waals surface area (Å²) < 4.78 is 7.64. The summed E-state index contributed by atoms with van der Waals surface area (Å²) in [6.45, 7) is 7.89. The molecule has 1 heterocycles. The normalized spacial score (nSPS) is 11.1. The summed E-state index contributed by atoms with van der Waals surface area (Å²) in [5.74, 6) is 1.13. The number of benzene rings is 1. The lowest BCUT2D eigenvalue weighted by Crippen LogP contribution is -2.05. The number of anilines is 1. The molecule has 2 rings (SSSR count). The summed E-state index contributed by atoms with van der Waals surface area (Å²) in [6.07, 6.45) is 0. The zero-order valence-electron chi connectivity index (χ0n) is 11.6. The van der Waals surface area contributed by atoms with E-state index < -0.39 is 0 Å². The second-order valence-corrected chi connectivity index (χ2v) is 5.29. The zero-order chi connectivity index (χ0) is 14.2. The first kappa shape index (κ1) is 13.7. The van der Waals surface area contributed by atoms with Crippen molar-refractivity contribution in [3.8, 4) is 11.6 Å². The summed E-state index contributed by atoms with van der Waals surface area (Å²) >= 11 is 6.14. The fraction of sp³-hybridized carbons (Fsp3) is 0.357. The fourth-order valence-electron chi connectivity index (χ4n) is 1.78. The Hall–Kier alpha value is -1.68. The molecule has 0 aliphatic carbocycles. The van der Waals surface area contributed by atoms with E-state index in [1.807, 2.05) is 45.9 Å². The van der Waals surface area contributed by atoms with Gasteiger partial charge in [0, 0.05) is 0 Å². The van der Waals surface area contributed by atoms with Gasteiger partial charge in [0.2, 0.25) is 5.88 Å². The molecule has 0 unspecified atom stereocenters. The predicted molar refractivity (Wildman–Crippen MR) is 78.0 cm³/mol. The molecular weight excluding hydrogens is 262 g/mol. The second-order valence-electron chi connectivity index (χ2n) is 4.88. The van der Waals surface area contributed by atoms with Crippen molar-refractivity contribution in [2.75, 3.05) is 5.73 Å². The summed E-state index contributed by atoms with van der Waals surface area (Å²) in [5.41, 5.74) is 8.40. The van der Waals surface area contributed by atoms with E-state index in [1.165, 1.54) is 0 Å². The first-order valence-electron chi connectivity index (χ1n) is 6.18. The Morgan fingerprint density at radius 1 is 1.32 bits per heavy atom. The van der Waals surface area contributed by atoms with Gasteiger partial charge in [0.05, 0.1) is 16.8 Å². The Kier molecular flexibility index (Phi) is 3.71. The van der Waals surface area contributed by atoms with E-state index in [0.29, 0.717) is 22.3 Å². The maximum absolute atomic E-state index is 6.14. The van der Waals surface area contributed by atoms with Crippen LogP contribution in [0.1, 0.15) is 31.1 Å². The van der Waals surface area contributed by atoms with Crippen LogP contribution in [0.15, 0.2) is 18.2 Å². The molecule has 0 spiro atoms. The molecule has 102 valence electrons. The number of halogens is 1. The third-order valence-electron chi connectivity index (χ3n) is 2.87. The number of nitrogens with two attached hydrogens (primary N) is 1. The summed E-state index contributed by atoms with van der Waals surface area (Å²) in [4.78, 5) is 0. The van der Waals surface area contributed by atoms with Crippen molar-refractivity contribution in [1.82, 2.24) is 9.78 Å². The van der Waals surface area contributed by atoms with Gasteiger partial charge >= 0.3 is 0 Å². The highest BCUT2D eigenvalue weighted by Crippen LogP contribution is 2.35. The highest BCUT2D eigenvalue weighted by atomic mass is 35.5. The summed E-state index contributed by atoms with van der Waals surface area (Å²) in [5, 5.41) is 4.94. The van der Waals surface area contributed by atoms with Crippen molar-refractivity contribution < 1.29 is 4.74 Å². The molecule has 0 saturated carbocycles. The van der Waals surface area contributed by atoms with Gasteiger partial charge in [-0.2, -0.15) is 5.10 Å². The number of hydrogen-bond acceptors (Lipinski definition) is 3. The summed E-state index contributed by atoms with van der Waals surface area (Å²) in [7, 11) is 0. The monoisotopic (exact) mass is 279 g/mol. The quantitative estimate of drug-likeness (QED) is 0.920. The molecule has 0 saturated heterocycles. The lowest BCUT2D eigenvalue weighted by atomic mass is 10.2. The minimum absolute atomic E-state index is 0.162. The Balaban J connectivity index is 2.45. The van der Waals surface area contributed by atoms with Crippen LogP contribution in [-0.4, -0.2) is 9.78 Å².